The molecule has 1 N–H and O–H groups in total. The normalized spacial score (nSPS) is 24.4. The van der Waals surface area contributed by atoms with Gasteiger partial charge in [-0.25, -0.2) is 0 Å². The Morgan fingerprint density at radius 3 is 2.83 bits per heavy atom. The van der Waals surface area contributed by atoms with Crippen LogP contribution >= 0.6 is 0 Å². The van der Waals surface area contributed by atoms with Gasteiger partial charge in [0.15, 0.2) is 0 Å². The average Bonchev–Trinajstić information content (AvgIpc) is 2.77. The number of ether oxygens (including phenoxy) is 1. The van der Waals surface area contributed by atoms with Crippen molar-refractivity contribution in [2.45, 2.75) is 45.6 Å². The Balaban J connectivity index is 1.57. The predicted octanol–water partition coefficient (Wildman–Crippen LogP) is 1.53. The van der Waals surface area contributed by atoms with Gasteiger partial charge in [-0.1, -0.05) is 0 Å². The lowest BCUT2D eigenvalue weighted by molar-refractivity contribution is -0.131. The number of H-pyrrole nitrogens is 1. The van der Waals surface area contributed by atoms with E-state index in [1.54, 1.807) is 7.11 Å². The lowest BCUT2D eigenvalue weighted by atomic mass is 9.95. The lowest BCUT2D eigenvalue weighted by Crippen LogP contribution is -2.45. The van der Waals surface area contributed by atoms with Crippen LogP contribution in [0.1, 0.15) is 36.2 Å². The minimum absolute atomic E-state index is 0.278. The van der Waals surface area contributed by atoms with Crippen LogP contribution in [0.2, 0.25) is 0 Å². The highest BCUT2D eigenvalue weighted by Crippen LogP contribution is 2.28. The third kappa shape index (κ3) is 3.81. The Morgan fingerprint density at radius 1 is 1.29 bits per heavy atom. The van der Waals surface area contributed by atoms with Crippen LogP contribution in [0.5, 0.6) is 0 Å². The average molecular weight is 334 g/mol. The van der Waals surface area contributed by atoms with Crippen molar-refractivity contribution in [3.8, 4) is 0 Å². The van der Waals surface area contributed by atoms with Crippen LogP contribution in [0.25, 0.3) is 0 Å². The summed E-state index contributed by atoms with van der Waals surface area (Å²) in [6, 6.07) is 0.497. The first-order chi connectivity index (χ1) is 11.6. The van der Waals surface area contributed by atoms with Gasteiger partial charge in [0.1, 0.15) is 0 Å². The summed E-state index contributed by atoms with van der Waals surface area (Å²) in [5.41, 5.74) is 3.31. The molecule has 3 saturated heterocycles. The number of aromatic nitrogens is 2. The van der Waals surface area contributed by atoms with Crippen molar-refractivity contribution in [3.05, 3.63) is 17.0 Å². The molecular formula is C18H30N4O2. The maximum absolute atomic E-state index is 12.7. The number of hydrogen-bond acceptors (Lipinski definition) is 4. The molecule has 24 heavy (non-hydrogen) atoms. The summed E-state index contributed by atoms with van der Waals surface area (Å²) in [4.78, 5) is 17.3. The summed E-state index contributed by atoms with van der Waals surface area (Å²) in [5, 5.41) is 7.33. The van der Waals surface area contributed by atoms with Crippen LogP contribution in [0.4, 0.5) is 0 Å². The summed E-state index contributed by atoms with van der Waals surface area (Å²) in [6.45, 7) is 8.73. The van der Waals surface area contributed by atoms with Crippen LogP contribution in [0, 0.1) is 19.8 Å². The molecule has 2 bridgehead atoms. The van der Waals surface area contributed by atoms with Crippen LogP contribution in [-0.2, 0) is 16.0 Å². The van der Waals surface area contributed by atoms with Crippen LogP contribution in [-0.4, -0.2) is 71.8 Å². The molecule has 0 aliphatic carbocycles. The number of aromatic amines is 1. The van der Waals surface area contributed by atoms with Crippen molar-refractivity contribution < 1.29 is 9.53 Å². The van der Waals surface area contributed by atoms with Gasteiger partial charge in [0.2, 0.25) is 5.91 Å². The summed E-state index contributed by atoms with van der Waals surface area (Å²) < 4.78 is 5.24. The molecule has 3 aliphatic heterocycles. The number of aryl methyl sites for hydroxylation is 2. The van der Waals surface area contributed by atoms with Gasteiger partial charge in [-0.15, -0.1) is 0 Å². The van der Waals surface area contributed by atoms with Gasteiger partial charge in [0.25, 0.3) is 0 Å². The quantitative estimate of drug-likeness (QED) is 0.857. The fourth-order valence-electron chi connectivity index (χ4n) is 4.03. The van der Waals surface area contributed by atoms with Gasteiger partial charge >= 0.3 is 0 Å². The molecule has 4 rings (SSSR count). The molecule has 3 fully saturated rings. The van der Waals surface area contributed by atoms with E-state index in [0.717, 1.165) is 50.6 Å². The number of amides is 1. The molecule has 2 atom stereocenters. The first kappa shape index (κ1) is 17.4. The number of hydrogen-bond donors (Lipinski definition) is 1. The first-order valence-corrected chi connectivity index (χ1v) is 9.09. The summed E-state index contributed by atoms with van der Waals surface area (Å²) in [5.74, 6) is 0.888. The highest BCUT2D eigenvalue weighted by molar-refractivity contribution is 5.76. The van der Waals surface area contributed by atoms with Gasteiger partial charge in [0, 0.05) is 57.9 Å². The molecule has 4 heterocycles. The Morgan fingerprint density at radius 2 is 2.12 bits per heavy atom. The number of carbonyl (C=O) groups is 1. The Hall–Kier alpha value is -1.40. The molecule has 6 heteroatoms. The second-order valence-corrected chi connectivity index (χ2v) is 7.30. The van der Waals surface area contributed by atoms with Crippen LogP contribution in [0.3, 0.4) is 0 Å². The third-order valence-corrected chi connectivity index (χ3v) is 5.69. The number of nitrogens with zero attached hydrogens (tertiary/aromatic N) is 3. The smallest absolute Gasteiger partial charge is 0.223 e. The number of piperidine rings is 1. The molecule has 0 radical (unpaired) electrons. The van der Waals surface area contributed by atoms with Crippen LogP contribution < -0.4 is 0 Å². The van der Waals surface area contributed by atoms with E-state index in [9.17, 15) is 4.79 Å². The molecule has 0 unspecified atom stereocenters. The third-order valence-electron chi connectivity index (χ3n) is 5.69. The standard InChI is InChI=1S/C18H30N4O2/c1-13-14(2)19-20-17(13)6-7-18(23)22-11-15-4-5-16(12-22)21(10-15)8-9-24-3/h15-16H,4-12H2,1-3H3,(H,19,20)/t15-,16-/m1/s1. The van der Waals surface area contributed by atoms with Crippen molar-refractivity contribution >= 4 is 5.91 Å². The van der Waals surface area contributed by atoms with E-state index in [2.05, 4.69) is 26.9 Å². The van der Waals surface area contributed by atoms with Crippen molar-refractivity contribution in [3.63, 3.8) is 0 Å². The van der Waals surface area contributed by atoms with Crippen LogP contribution in [0.15, 0.2) is 0 Å². The number of rotatable bonds is 6. The predicted molar refractivity (Wildman–Crippen MR) is 92.9 cm³/mol. The van der Waals surface area contributed by atoms with E-state index >= 15 is 0 Å². The molecule has 1 aromatic heterocycles. The number of nitrogens with one attached hydrogen (secondary N) is 1. The maximum Gasteiger partial charge on any atom is 0.223 e. The second-order valence-electron chi connectivity index (χ2n) is 7.30. The zero-order chi connectivity index (χ0) is 17.1. The van der Waals surface area contributed by atoms with E-state index in [1.807, 2.05) is 6.92 Å². The number of methoxy groups -OCH3 is 1. The molecule has 0 saturated carbocycles. The van der Waals surface area contributed by atoms with Gasteiger partial charge < -0.3 is 9.64 Å². The highest BCUT2D eigenvalue weighted by Gasteiger charge is 2.35. The fourth-order valence-corrected chi connectivity index (χ4v) is 4.03. The van der Waals surface area contributed by atoms with E-state index in [4.69, 9.17) is 4.74 Å². The van der Waals surface area contributed by atoms with E-state index in [0.29, 0.717) is 18.4 Å². The van der Waals surface area contributed by atoms with Crippen molar-refractivity contribution in [2.75, 3.05) is 39.9 Å². The van der Waals surface area contributed by atoms with E-state index in [-0.39, 0.29) is 5.91 Å². The van der Waals surface area contributed by atoms with Gasteiger partial charge in [-0.05, 0) is 38.2 Å². The maximum atomic E-state index is 12.7. The van der Waals surface area contributed by atoms with Gasteiger partial charge in [-0.2, -0.15) is 5.10 Å². The molecule has 0 spiro atoms. The van der Waals surface area contributed by atoms with E-state index < -0.39 is 0 Å². The van der Waals surface area contributed by atoms with Crippen molar-refractivity contribution in [1.29, 1.82) is 0 Å². The summed E-state index contributed by atoms with van der Waals surface area (Å²) in [7, 11) is 1.75. The Bertz CT molecular complexity index is 571. The topological polar surface area (TPSA) is 61.5 Å². The summed E-state index contributed by atoms with van der Waals surface area (Å²) >= 11 is 0. The SMILES string of the molecule is COCCN1C[C@H]2CC[C@@H]1CN(C(=O)CCc1n[nH]c(C)c1C)C2. The first-order valence-electron chi connectivity index (χ1n) is 9.09. The molecule has 1 aromatic rings. The zero-order valence-electron chi connectivity index (χ0n) is 15.2. The molecule has 1 amide bonds. The van der Waals surface area contributed by atoms with Gasteiger partial charge in [-0.3, -0.25) is 14.8 Å². The fraction of sp³-hybridized carbons (Fsp3) is 0.778. The second kappa shape index (κ2) is 7.66. The molecule has 134 valence electrons. The molecule has 3 aliphatic rings. The molecular weight excluding hydrogens is 304 g/mol. The Labute approximate surface area is 144 Å². The zero-order valence-corrected chi connectivity index (χ0v) is 15.2. The number of fused-ring (bicyclic) bond motifs is 4. The summed E-state index contributed by atoms with van der Waals surface area (Å²) in [6.07, 6.45) is 3.74. The molecule has 6 nitrogen and oxygen atoms in total. The minimum atomic E-state index is 0.278. The van der Waals surface area contributed by atoms with E-state index in [1.165, 1.54) is 18.4 Å². The van der Waals surface area contributed by atoms with Gasteiger partial charge in [0.05, 0.1) is 12.3 Å². The molecule has 0 aromatic carbocycles. The highest BCUT2D eigenvalue weighted by atomic mass is 16.5. The van der Waals surface area contributed by atoms with Crippen molar-refractivity contribution in [2.24, 2.45) is 5.92 Å². The lowest BCUT2D eigenvalue weighted by Gasteiger charge is -2.35. The number of carbonyl (C=O) groups excluding carboxylic acids is 1. The minimum Gasteiger partial charge on any atom is -0.383 e. The largest absolute Gasteiger partial charge is 0.383 e. The van der Waals surface area contributed by atoms with Crippen molar-refractivity contribution in [1.82, 2.24) is 20.0 Å². The monoisotopic (exact) mass is 334 g/mol. The Kier molecular flexibility index (Phi) is 5.56.